The van der Waals surface area contributed by atoms with E-state index in [9.17, 15) is 19.2 Å². The quantitative estimate of drug-likeness (QED) is 0.411. The molecular weight excluding hydrogens is 343 g/mol. The van der Waals surface area contributed by atoms with E-state index in [1.165, 1.54) is 48.6 Å². The molecular formula is C20H16BN2O4. The average molecular weight is 359 g/mol. The second kappa shape index (κ2) is 8.10. The molecule has 7 heteroatoms. The monoisotopic (exact) mass is 359 g/mol. The van der Waals surface area contributed by atoms with Crippen molar-refractivity contribution >= 4 is 31.2 Å². The van der Waals surface area contributed by atoms with Crippen LogP contribution < -0.4 is 0 Å². The predicted octanol–water partition coefficient (Wildman–Crippen LogP) is 1.71. The lowest BCUT2D eigenvalue weighted by molar-refractivity contribution is -0.132. The Kier molecular flexibility index (Phi) is 5.87. The molecule has 0 spiro atoms. The Labute approximate surface area is 157 Å². The fourth-order valence-electron chi connectivity index (χ4n) is 2.61. The molecule has 2 saturated heterocycles. The summed E-state index contributed by atoms with van der Waals surface area (Å²) < 4.78 is 0. The third kappa shape index (κ3) is 3.35. The summed E-state index contributed by atoms with van der Waals surface area (Å²) in [6.45, 7) is 14.1. The van der Waals surface area contributed by atoms with Gasteiger partial charge in [0.15, 0.2) is 0 Å². The van der Waals surface area contributed by atoms with Gasteiger partial charge in [-0.25, -0.2) is 0 Å². The van der Waals surface area contributed by atoms with Gasteiger partial charge < -0.3 is 9.62 Å². The van der Waals surface area contributed by atoms with E-state index < -0.39 is 23.6 Å². The van der Waals surface area contributed by atoms with Crippen LogP contribution in [-0.4, -0.2) is 40.8 Å². The fraction of sp³-hybridized carbons (Fsp3) is 0. The van der Waals surface area contributed by atoms with Gasteiger partial charge in [-0.05, 0) is 24.3 Å². The van der Waals surface area contributed by atoms with Crippen molar-refractivity contribution in [3.8, 4) is 0 Å². The number of imide groups is 2. The Morgan fingerprint density at radius 1 is 0.519 bits per heavy atom. The number of carbonyl (C=O) groups is 4. The zero-order chi connectivity index (χ0) is 20.1. The largest absolute Gasteiger partial charge is 0.412 e. The number of rotatable bonds is 6. The third-order valence-corrected chi connectivity index (χ3v) is 3.75. The van der Waals surface area contributed by atoms with E-state index in [0.717, 1.165) is 7.55 Å². The Bertz CT molecular complexity index is 772. The molecule has 0 unspecified atom stereocenters. The summed E-state index contributed by atoms with van der Waals surface area (Å²) in [6, 6.07) is 0. The van der Waals surface area contributed by atoms with Gasteiger partial charge in [-0.15, -0.1) is 0 Å². The van der Waals surface area contributed by atoms with Gasteiger partial charge in [-0.3, -0.25) is 19.2 Å². The number of hydrogen-bond donors (Lipinski definition) is 0. The molecule has 0 bridgehead atoms. The summed E-state index contributed by atoms with van der Waals surface area (Å²) in [4.78, 5) is 51.7. The van der Waals surface area contributed by atoms with Gasteiger partial charge in [-0.1, -0.05) is 50.6 Å². The van der Waals surface area contributed by atoms with Crippen molar-refractivity contribution in [1.29, 1.82) is 0 Å². The molecule has 0 aromatic rings. The molecule has 2 heterocycles. The lowest BCUT2D eigenvalue weighted by Crippen LogP contribution is -2.47. The highest BCUT2D eigenvalue weighted by atomic mass is 16.2. The maximum atomic E-state index is 12.6. The van der Waals surface area contributed by atoms with Crippen molar-refractivity contribution in [1.82, 2.24) is 9.62 Å². The topological polar surface area (TPSA) is 74.8 Å². The molecule has 2 fully saturated rings. The van der Waals surface area contributed by atoms with Crippen LogP contribution >= 0.6 is 0 Å². The molecule has 0 saturated carbocycles. The van der Waals surface area contributed by atoms with Crippen LogP contribution in [0.1, 0.15) is 0 Å². The van der Waals surface area contributed by atoms with Gasteiger partial charge in [0.2, 0.25) is 0 Å². The lowest BCUT2D eigenvalue weighted by Gasteiger charge is -2.17. The highest BCUT2D eigenvalue weighted by Gasteiger charge is 2.46. The Balaban J connectivity index is 2.44. The van der Waals surface area contributed by atoms with E-state index in [-0.39, 0.29) is 22.3 Å². The summed E-state index contributed by atoms with van der Waals surface area (Å²) in [5, 5.41) is 0. The second-order valence-corrected chi connectivity index (χ2v) is 5.34. The van der Waals surface area contributed by atoms with Crippen LogP contribution in [0.2, 0.25) is 0 Å². The highest BCUT2D eigenvalue weighted by molar-refractivity contribution is 6.55. The molecule has 2 aliphatic rings. The maximum Gasteiger partial charge on any atom is 0.412 e. The van der Waals surface area contributed by atoms with Gasteiger partial charge in [0.1, 0.15) is 0 Å². The zero-order valence-electron chi connectivity index (χ0n) is 14.6. The number of nitrogens with zero attached hydrogens (tertiary/aromatic N) is 2. The minimum absolute atomic E-state index is 0.0916. The highest BCUT2D eigenvalue weighted by Crippen LogP contribution is 2.29. The standard InChI is InChI=1S/C20H16BN2O4/c1-5-9-13-14(10-6-2)18(25)22(17(13)24)21-23-19(26)15(11-7-3)16(12-8-4)20(23)27/h5-12H,1-4H2/b13-9+,14-10+,15-11+,16-12+. The number of hydrogen-bond acceptors (Lipinski definition) is 4. The molecule has 2 aliphatic heterocycles. The molecule has 0 aliphatic carbocycles. The van der Waals surface area contributed by atoms with E-state index in [4.69, 9.17) is 0 Å². The van der Waals surface area contributed by atoms with Crippen molar-refractivity contribution in [3.05, 3.63) is 97.2 Å². The van der Waals surface area contributed by atoms with Crippen molar-refractivity contribution in [2.45, 2.75) is 0 Å². The first-order chi connectivity index (χ1) is 12.9. The van der Waals surface area contributed by atoms with Gasteiger partial charge in [0, 0.05) is 0 Å². The Morgan fingerprint density at radius 2 is 0.741 bits per heavy atom. The summed E-state index contributed by atoms with van der Waals surface area (Å²) in [5.74, 6) is -2.71. The zero-order valence-corrected chi connectivity index (χ0v) is 14.6. The molecule has 0 N–H and O–H groups in total. The van der Waals surface area contributed by atoms with Crippen molar-refractivity contribution in [2.75, 3.05) is 0 Å². The van der Waals surface area contributed by atoms with Crippen molar-refractivity contribution < 1.29 is 19.2 Å². The normalized spacial score (nSPS) is 23.1. The van der Waals surface area contributed by atoms with Crippen LogP contribution in [0.25, 0.3) is 0 Å². The smallest absolute Gasteiger partial charge is 0.300 e. The first-order valence-electron chi connectivity index (χ1n) is 7.85. The maximum absolute atomic E-state index is 12.6. The summed E-state index contributed by atoms with van der Waals surface area (Å²) in [7, 11) is 0.900. The van der Waals surface area contributed by atoms with Gasteiger partial charge in [-0.2, -0.15) is 0 Å². The molecule has 27 heavy (non-hydrogen) atoms. The van der Waals surface area contributed by atoms with Crippen LogP contribution in [0.15, 0.2) is 97.2 Å². The van der Waals surface area contributed by atoms with Crippen molar-refractivity contribution in [2.24, 2.45) is 0 Å². The third-order valence-electron chi connectivity index (χ3n) is 3.75. The molecule has 133 valence electrons. The van der Waals surface area contributed by atoms with Crippen LogP contribution in [-0.2, 0) is 19.2 Å². The number of carbonyl (C=O) groups excluding carboxylic acids is 4. The second-order valence-electron chi connectivity index (χ2n) is 5.34. The summed E-state index contributed by atoms with van der Waals surface area (Å²) >= 11 is 0. The SMILES string of the molecule is C=C/C=C1/C(=O)N([B]N2C(=O)C(=C/C=C)/C(=C\C=C)C2=O)C(=O)/C1=C/C=C. The molecule has 6 nitrogen and oxygen atoms in total. The molecule has 2 rings (SSSR count). The van der Waals surface area contributed by atoms with E-state index in [2.05, 4.69) is 26.3 Å². The van der Waals surface area contributed by atoms with Crippen LogP contribution in [0.4, 0.5) is 0 Å². The van der Waals surface area contributed by atoms with E-state index in [1.54, 1.807) is 0 Å². The van der Waals surface area contributed by atoms with Gasteiger partial charge in [0.05, 0.1) is 22.3 Å². The molecule has 0 aromatic heterocycles. The average Bonchev–Trinajstić information content (AvgIpc) is 2.99. The van der Waals surface area contributed by atoms with Crippen LogP contribution in [0.5, 0.6) is 0 Å². The summed E-state index contributed by atoms with van der Waals surface area (Å²) in [6.07, 6.45) is 11.0. The van der Waals surface area contributed by atoms with Gasteiger partial charge in [0.25, 0.3) is 23.6 Å². The number of amides is 4. The summed E-state index contributed by atoms with van der Waals surface area (Å²) in [5.41, 5.74) is 0.367. The van der Waals surface area contributed by atoms with Gasteiger partial charge >= 0.3 is 7.55 Å². The molecule has 0 atom stereocenters. The Morgan fingerprint density at radius 3 is 0.926 bits per heavy atom. The predicted molar refractivity (Wildman–Crippen MR) is 103 cm³/mol. The Hall–Kier alpha value is -3.74. The molecule has 1 radical (unpaired) electrons. The van der Waals surface area contributed by atoms with Crippen LogP contribution in [0, 0.1) is 0 Å². The van der Waals surface area contributed by atoms with E-state index in [1.807, 2.05) is 0 Å². The first-order valence-corrected chi connectivity index (χ1v) is 7.85. The lowest BCUT2D eigenvalue weighted by atomic mass is 10.0. The van der Waals surface area contributed by atoms with Crippen molar-refractivity contribution in [3.63, 3.8) is 0 Å². The minimum Gasteiger partial charge on any atom is -0.300 e. The number of allylic oxidation sites excluding steroid dienone is 8. The molecule has 0 aromatic carbocycles. The van der Waals surface area contributed by atoms with E-state index in [0.29, 0.717) is 9.62 Å². The van der Waals surface area contributed by atoms with E-state index >= 15 is 0 Å². The first kappa shape index (κ1) is 19.6. The van der Waals surface area contributed by atoms with Crippen LogP contribution in [0.3, 0.4) is 0 Å². The molecule has 4 amide bonds. The minimum atomic E-state index is -0.677. The fourth-order valence-corrected chi connectivity index (χ4v) is 2.61.